The number of halogens is 1. The van der Waals surface area contributed by atoms with Crippen LogP contribution in [0.15, 0.2) is 22.7 Å². The van der Waals surface area contributed by atoms with Gasteiger partial charge in [-0.25, -0.2) is 0 Å². The maximum Gasteiger partial charge on any atom is 0.312 e. The zero-order valence-corrected chi connectivity index (χ0v) is 13.1. The molecular formula is C14H17BrN2O3. The van der Waals surface area contributed by atoms with Crippen LogP contribution < -0.4 is 4.74 Å². The first-order valence-corrected chi connectivity index (χ1v) is 7.26. The second-order valence-corrected chi connectivity index (χ2v) is 5.43. The number of likely N-dealkylation sites (N-methyl/N-ethyl adjacent to an activating group) is 1. The van der Waals surface area contributed by atoms with Crippen molar-refractivity contribution in [2.75, 3.05) is 26.7 Å². The first-order valence-electron chi connectivity index (χ1n) is 6.47. The predicted octanol–water partition coefficient (Wildman–Crippen LogP) is 1.65. The van der Waals surface area contributed by atoms with Gasteiger partial charge in [-0.1, -0.05) is 6.07 Å². The fraction of sp³-hybridized carbons (Fsp3) is 0.429. The van der Waals surface area contributed by atoms with Crippen LogP contribution in [0.1, 0.15) is 12.5 Å². The van der Waals surface area contributed by atoms with Crippen LogP contribution >= 0.6 is 15.9 Å². The number of ether oxygens (including phenoxy) is 1. The highest BCUT2D eigenvalue weighted by Crippen LogP contribution is 2.26. The van der Waals surface area contributed by atoms with Crippen LogP contribution in [0, 0.1) is 0 Å². The Morgan fingerprint density at radius 1 is 1.20 bits per heavy atom. The Morgan fingerprint density at radius 2 is 1.85 bits per heavy atom. The largest absolute Gasteiger partial charge is 0.496 e. The summed E-state index contributed by atoms with van der Waals surface area (Å²) in [5.41, 5.74) is 0.962. The van der Waals surface area contributed by atoms with Gasteiger partial charge in [-0.2, -0.15) is 0 Å². The molecule has 0 radical (unpaired) electrons. The highest BCUT2D eigenvalue weighted by molar-refractivity contribution is 9.10. The Balaban J connectivity index is 2.09. The van der Waals surface area contributed by atoms with E-state index in [1.807, 2.05) is 25.1 Å². The summed E-state index contributed by atoms with van der Waals surface area (Å²) >= 11 is 3.42. The number of methoxy groups -OCH3 is 1. The second kappa shape index (κ2) is 6.26. The third kappa shape index (κ3) is 2.95. The number of carbonyl (C=O) groups excluding carboxylic acids is 2. The predicted molar refractivity (Wildman–Crippen MR) is 78.4 cm³/mol. The molecule has 1 aliphatic rings. The summed E-state index contributed by atoms with van der Waals surface area (Å²) < 4.78 is 6.01. The van der Waals surface area contributed by atoms with Gasteiger partial charge in [0.2, 0.25) is 0 Å². The van der Waals surface area contributed by atoms with Gasteiger partial charge in [0, 0.05) is 26.2 Å². The number of amides is 2. The number of nitrogens with zero attached hydrogens (tertiary/aromatic N) is 2. The van der Waals surface area contributed by atoms with Gasteiger partial charge < -0.3 is 14.5 Å². The average Bonchev–Trinajstić information content (AvgIpc) is 2.44. The van der Waals surface area contributed by atoms with Crippen molar-refractivity contribution in [3.05, 3.63) is 28.2 Å². The van der Waals surface area contributed by atoms with Crippen LogP contribution in [0.2, 0.25) is 0 Å². The Bertz CT molecular complexity index is 533. The molecule has 0 aromatic heterocycles. The summed E-state index contributed by atoms with van der Waals surface area (Å²) in [6.07, 6.45) is 0. The van der Waals surface area contributed by atoms with Crippen molar-refractivity contribution in [2.24, 2.45) is 0 Å². The minimum atomic E-state index is -0.426. The fourth-order valence-corrected chi connectivity index (χ4v) is 2.78. The molecule has 0 spiro atoms. The third-order valence-corrected chi connectivity index (χ3v) is 3.99. The van der Waals surface area contributed by atoms with E-state index >= 15 is 0 Å². The summed E-state index contributed by atoms with van der Waals surface area (Å²) in [5.74, 6) is -0.0941. The zero-order chi connectivity index (χ0) is 14.7. The normalized spacial score (nSPS) is 15.8. The zero-order valence-electron chi connectivity index (χ0n) is 11.6. The molecule has 0 saturated carbocycles. The van der Waals surface area contributed by atoms with Crippen LogP contribution in [-0.4, -0.2) is 48.4 Å². The van der Waals surface area contributed by atoms with Gasteiger partial charge in [-0.15, -0.1) is 0 Å². The SMILES string of the molecule is CCN1CCN(Cc2ccc(OC)c(Br)c2)C(=O)C1=O. The van der Waals surface area contributed by atoms with Crippen molar-refractivity contribution >= 4 is 27.7 Å². The van der Waals surface area contributed by atoms with Gasteiger partial charge in [0.25, 0.3) is 0 Å². The number of rotatable bonds is 4. The maximum atomic E-state index is 12.0. The van der Waals surface area contributed by atoms with Gasteiger partial charge >= 0.3 is 11.8 Å². The lowest BCUT2D eigenvalue weighted by molar-refractivity contribution is -0.156. The minimum absolute atomic E-state index is 0.411. The number of piperazine rings is 1. The van der Waals surface area contributed by atoms with E-state index in [9.17, 15) is 9.59 Å². The molecule has 0 bridgehead atoms. The molecule has 0 unspecified atom stereocenters. The summed E-state index contributed by atoms with van der Waals surface area (Å²) in [6, 6.07) is 5.64. The van der Waals surface area contributed by atoms with Gasteiger partial charge in [0.15, 0.2) is 0 Å². The lowest BCUT2D eigenvalue weighted by Crippen LogP contribution is -2.53. The molecule has 1 aromatic carbocycles. The van der Waals surface area contributed by atoms with E-state index in [1.165, 1.54) is 0 Å². The molecule has 0 N–H and O–H groups in total. The van der Waals surface area contributed by atoms with Crippen LogP contribution in [-0.2, 0) is 16.1 Å². The second-order valence-electron chi connectivity index (χ2n) is 4.58. The third-order valence-electron chi connectivity index (χ3n) is 3.37. The van der Waals surface area contributed by atoms with E-state index in [1.54, 1.807) is 16.9 Å². The van der Waals surface area contributed by atoms with E-state index in [2.05, 4.69) is 15.9 Å². The molecule has 108 valence electrons. The van der Waals surface area contributed by atoms with Gasteiger partial charge in [-0.05, 0) is 40.5 Å². The van der Waals surface area contributed by atoms with Crippen molar-refractivity contribution in [1.82, 2.24) is 9.80 Å². The smallest absolute Gasteiger partial charge is 0.312 e. The summed E-state index contributed by atoms with van der Waals surface area (Å²) in [7, 11) is 1.60. The Hall–Kier alpha value is -1.56. The molecule has 5 nitrogen and oxygen atoms in total. The highest BCUT2D eigenvalue weighted by Gasteiger charge is 2.31. The van der Waals surface area contributed by atoms with E-state index in [-0.39, 0.29) is 0 Å². The highest BCUT2D eigenvalue weighted by atomic mass is 79.9. The minimum Gasteiger partial charge on any atom is -0.496 e. The van der Waals surface area contributed by atoms with E-state index < -0.39 is 11.8 Å². The lowest BCUT2D eigenvalue weighted by atomic mass is 10.2. The molecule has 1 fully saturated rings. The van der Waals surface area contributed by atoms with Gasteiger partial charge in [0.1, 0.15) is 5.75 Å². The summed E-state index contributed by atoms with van der Waals surface area (Å²) in [6.45, 7) is 4.05. The average molecular weight is 341 g/mol. The topological polar surface area (TPSA) is 49.9 Å². The van der Waals surface area contributed by atoms with Crippen molar-refractivity contribution in [3.63, 3.8) is 0 Å². The molecule has 1 aliphatic heterocycles. The molecular weight excluding hydrogens is 324 g/mol. The van der Waals surface area contributed by atoms with Crippen LogP contribution in [0.5, 0.6) is 5.75 Å². The number of benzene rings is 1. The van der Waals surface area contributed by atoms with Crippen LogP contribution in [0.4, 0.5) is 0 Å². The molecule has 20 heavy (non-hydrogen) atoms. The monoisotopic (exact) mass is 340 g/mol. The summed E-state index contributed by atoms with van der Waals surface area (Å²) in [4.78, 5) is 27.0. The van der Waals surface area contributed by atoms with E-state index in [4.69, 9.17) is 4.74 Å². The van der Waals surface area contributed by atoms with Crippen molar-refractivity contribution in [3.8, 4) is 5.75 Å². The lowest BCUT2D eigenvalue weighted by Gasteiger charge is -2.33. The quantitative estimate of drug-likeness (QED) is 0.783. The molecule has 1 aromatic rings. The molecule has 0 atom stereocenters. The number of carbonyl (C=O) groups is 2. The molecule has 1 saturated heterocycles. The van der Waals surface area contributed by atoms with Gasteiger partial charge in [-0.3, -0.25) is 9.59 Å². The molecule has 0 aliphatic carbocycles. The Labute approximate surface area is 126 Å². The number of hydrogen-bond donors (Lipinski definition) is 0. The Morgan fingerprint density at radius 3 is 2.45 bits per heavy atom. The fourth-order valence-electron chi connectivity index (χ4n) is 2.20. The molecule has 1 heterocycles. The van der Waals surface area contributed by atoms with Crippen LogP contribution in [0.3, 0.4) is 0 Å². The standard InChI is InChI=1S/C14H17BrN2O3/c1-3-16-6-7-17(14(19)13(16)18)9-10-4-5-12(20-2)11(15)8-10/h4-5,8H,3,6-7,9H2,1-2H3. The number of hydrogen-bond acceptors (Lipinski definition) is 3. The Kier molecular flexibility index (Phi) is 4.65. The molecule has 2 amide bonds. The first-order chi connectivity index (χ1) is 9.56. The maximum absolute atomic E-state index is 12.0. The first kappa shape index (κ1) is 14.8. The van der Waals surface area contributed by atoms with Gasteiger partial charge in [0.05, 0.1) is 11.6 Å². The van der Waals surface area contributed by atoms with E-state index in [0.29, 0.717) is 26.2 Å². The molecule has 2 rings (SSSR count). The molecule has 6 heteroatoms. The van der Waals surface area contributed by atoms with Crippen molar-refractivity contribution in [1.29, 1.82) is 0 Å². The van der Waals surface area contributed by atoms with Crippen LogP contribution in [0.25, 0.3) is 0 Å². The van der Waals surface area contributed by atoms with Crippen molar-refractivity contribution < 1.29 is 14.3 Å². The van der Waals surface area contributed by atoms with Crippen molar-refractivity contribution in [2.45, 2.75) is 13.5 Å². The van der Waals surface area contributed by atoms with E-state index in [0.717, 1.165) is 15.8 Å². The summed E-state index contributed by atoms with van der Waals surface area (Å²) in [5, 5.41) is 0.